The van der Waals surface area contributed by atoms with Crippen molar-refractivity contribution in [1.29, 1.82) is 0 Å². The first-order valence-corrected chi connectivity index (χ1v) is 5.33. The maximum atomic E-state index is 5.57. The first-order chi connectivity index (χ1) is 7.77. The fourth-order valence-corrected chi connectivity index (χ4v) is 1.82. The predicted octanol–water partition coefficient (Wildman–Crippen LogP) is 2.95. The quantitative estimate of drug-likeness (QED) is 0.792. The van der Waals surface area contributed by atoms with Gasteiger partial charge in [0, 0.05) is 17.1 Å². The first kappa shape index (κ1) is 10.7. The molecule has 2 aromatic rings. The summed E-state index contributed by atoms with van der Waals surface area (Å²) in [6.45, 7) is 4.64. The maximum Gasteiger partial charge on any atom is 0.130 e. The molecule has 0 aliphatic heterocycles. The minimum Gasteiger partial charge on any atom is -0.496 e. The van der Waals surface area contributed by atoms with Crippen LogP contribution < -0.4 is 9.47 Å². The summed E-state index contributed by atoms with van der Waals surface area (Å²) < 4.78 is 10.8. The van der Waals surface area contributed by atoms with Gasteiger partial charge in [-0.25, -0.2) is 0 Å². The number of methoxy groups -OCH3 is 1. The van der Waals surface area contributed by atoms with E-state index in [0.29, 0.717) is 6.61 Å². The Balaban J connectivity index is 2.67. The molecule has 1 heterocycles. The third-order valence-corrected chi connectivity index (χ3v) is 2.60. The molecule has 0 aliphatic carbocycles. The van der Waals surface area contributed by atoms with Crippen molar-refractivity contribution in [3.05, 3.63) is 30.0 Å². The smallest absolute Gasteiger partial charge is 0.130 e. The van der Waals surface area contributed by atoms with Crippen LogP contribution in [-0.2, 0) is 0 Å². The van der Waals surface area contributed by atoms with Crippen LogP contribution in [-0.4, -0.2) is 18.7 Å². The lowest BCUT2D eigenvalue weighted by Crippen LogP contribution is -1.95. The lowest BCUT2D eigenvalue weighted by molar-refractivity contribution is 0.344. The number of ether oxygens (including phenoxy) is 2. The predicted molar refractivity (Wildman–Crippen MR) is 64.2 cm³/mol. The van der Waals surface area contributed by atoms with Gasteiger partial charge in [0.1, 0.15) is 11.5 Å². The van der Waals surface area contributed by atoms with Gasteiger partial charge in [0.2, 0.25) is 0 Å². The maximum absolute atomic E-state index is 5.57. The standard InChI is InChI=1S/C13H15NO2/c1-4-16-12-7-8-14-13-9(2)11(15-3)6-5-10(12)13/h5-8H,4H2,1-3H3. The summed E-state index contributed by atoms with van der Waals surface area (Å²) in [7, 11) is 1.67. The number of fused-ring (bicyclic) bond motifs is 1. The van der Waals surface area contributed by atoms with Crippen LogP contribution in [0.1, 0.15) is 12.5 Å². The van der Waals surface area contributed by atoms with Gasteiger partial charge in [-0.1, -0.05) is 0 Å². The van der Waals surface area contributed by atoms with Crippen molar-refractivity contribution >= 4 is 10.9 Å². The first-order valence-electron chi connectivity index (χ1n) is 5.33. The summed E-state index contributed by atoms with van der Waals surface area (Å²) in [5.41, 5.74) is 1.98. The molecule has 0 amide bonds. The van der Waals surface area contributed by atoms with Crippen LogP contribution in [0.4, 0.5) is 0 Å². The van der Waals surface area contributed by atoms with Crippen LogP contribution in [0.2, 0.25) is 0 Å². The number of hydrogen-bond donors (Lipinski definition) is 0. The van der Waals surface area contributed by atoms with Gasteiger partial charge in [0.05, 0.1) is 19.2 Å². The summed E-state index contributed by atoms with van der Waals surface area (Å²) >= 11 is 0. The van der Waals surface area contributed by atoms with Crippen molar-refractivity contribution < 1.29 is 9.47 Å². The molecule has 0 aliphatic rings. The van der Waals surface area contributed by atoms with Gasteiger partial charge in [-0.05, 0) is 32.0 Å². The molecule has 1 aromatic carbocycles. The second-order valence-electron chi connectivity index (χ2n) is 3.53. The van der Waals surface area contributed by atoms with Crippen molar-refractivity contribution in [2.75, 3.05) is 13.7 Å². The molecule has 3 heteroatoms. The third-order valence-electron chi connectivity index (χ3n) is 2.60. The Bertz CT molecular complexity index is 509. The van der Waals surface area contributed by atoms with Gasteiger partial charge in [0.25, 0.3) is 0 Å². The van der Waals surface area contributed by atoms with Crippen molar-refractivity contribution in [2.45, 2.75) is 13.8 Å². The number of aromatic nitrogens is 1. The van der Waals surface area contributed by atoms with E-state index in [0.717, 1.165) is 28.0 Å². The van der Waals surface area contributed by atoms with E-state index in [1.54, 1.807) is 13.3 Å². The van der Waals surface area contributed by atoms with E-state index in [-0.39, 0.29) is 0 Å². The molecule has 3 nitrogen and oxygen atoms in total. The van der Waals surface area contributed by atoms with Gasteiger partial charge < -0.3 is 9.47 Å². The molecular weight excluding hydrogens is 202 g/mol. The number of aryl methyl sites for hydroxylation is 1. The highest BCUT2D eigenvalue weighted by Gasteiger charge is 2.08. The van der Waals surface area contributed by atoms with Gasteiger partial charge in [0.15, 0.2) is 0 Å². The molecule has 1 aromatic heterocycles. The minimum absolute atomic E-state index is 0.657. The van der Waals surface area contributed by atoms with Gasteiger partial charge in [-0.15, -0.1) is 0 Å². The summed E-state index contributed by atoms with van der Waals surface area (Å²) in [5, 5.41) is 1.03. The third kappa shape index (κ3) is 1.69. The molecule has 84 valence electrons. The zero-order valence-corrected chi connectivity index (χ0v) is 9.78. The van der Waals surface area contributed by atoms with Crippen LogP contribution >= 0.6 is 0 Å². The van der Waals surface area contributed by atoms with Crippen LogP contribution in [0.15, 0.2) is 24.4 Å². The molecule has 0 spiro atoms. The molecule has 0 N–H and O–H groups in total. The van der Waals surface area contributed by atoms with E-state index in [1.807, 2.05) is 32.0 Å². The van der Waals surface area contributed by atoms with Gasteiger partial charge in [-0.2, -0.15) is 0 Å². The summed E-state index contributed by atoms with van der Waals surface area (Å²) in [5.74, 6) is 1.73. The summed E-state index contributed by atoms with van der Waals surface area (Å²) in [6, 6.07) is 5.82. The van der Waals surface area contributed by atoms with Crippen molar-refractivity contribution in [3.8, 4) is 11.5 Å². The molecule has 0 saturated heterocycles. The van der Waals surface area contributed by atoms with Crippen LogP contribution in [0.25, 0.3) is 10.9 Å². The Kier molecular flexibility index (Phi) is 2.95. The number of pyridine rings is 1. The molecular formula is C13H15NO2. The SMILES string of the molecule is CCOc1ccnc2c(C)c(OC)ccc12. The van der Waals surface area contributed by atoms with E-state index >= 15 is 0 Å². The highest BCUT2D eigenvalue weighted by atomic mass is 16.5. The Hall–Kier alpha value is -1.77. The number of rotatable bonds is 3. The Morgan fingerprint density at radius 3 is 2.69 bits per heavy atom. The molecule has 0 fully saturated rings. The van der Waals surface area contributed by atoms with E-state index in [9.17, 15) is 0 Å². The molecule has 2 rings (SSSR count). The lowest BCUT2D eigenvalue weighted by Gasteiger charge is -2.10. The average Bonchev–Trinajstić information content (AvgIpc) is 2.31. The molecule has 0 atom stereocenters. The fraction of sp³-hybridized carbons (Fsp3) is 0.308. The van der Waals surface area contributed by atoms with Crippen molar-refractivity contribution in [2.24, 2.45) is 0 Å². The minimum atomic E-state index is 0.657. The monoisotopic (exact) mass is 217 g/mol. The summed E-state index contributed by atoms with van der Waals surface area (Å²) in [6.07, 6.45) is 1.76. The lowest BCUT2D eigenvalue weighted by atomic mass is 10.1. The average molecular weight is 217 g/mol. The van der Waals surface area contributed by atoms with Crippen molar-refractivity contribution in [3.63, 3.8) is 0 Å². The van der Waals surface area contributed by atoms with Crippen LogP contribution in [0.3, 0.4) is 0 Å². The molecule has 0 radical (unpaired) electrons. The zero-order valence-electron chi connectivity index (χ0n) is 9.78. The summed E-state index contributed by atoms with van der Waals surface area (Å²) in [4.78, 5) is 4.37. The topological polar surface area (TPSA) is 31.4 Å². The van der Waals surface area contributed by atoms with Crippen molar-refractivity contribution in [1.82, 2.24) is 4.98 Å². The molecule has 16 heavy (non-hydrogen) atoms. The van der Waals surface area contributed by atoms with Crippen LogP contribution in [0.5, 0.6) is 11.5 Å². The second kappa shape index (κ2) is 4.39. The fourth-order valence-electron chi connectivity index (χ4n) is 1.82. The van der Waals surface area contributed by atoms with Crippen LogP contribution in [0, 0.1) is 6.92 Å². The highest BCUT2D eigenvalue weighted by molar-refractivity contribution is 5.88. The molecule has 0 saturated carbocycles. The Labute approximate surface area is 95.0 Å². The largest absolute Gasteiger partial charge is 0.496 e. The number of hydrogen-bond acceptors (Lipinski definition) is 3. The highest BCUT2D eigenvalue weighted by Crippen LogP contribution is 2.30. The van der Waals surface area contributed by atoms with Gasteiger partial charge >= 0.3 is 0 Å². The normalized spacial score (nSPS) is 10.4. The van der Waals surface area contributed by atoms with E-state index in [4.69, 9.17) is 9.47 Å². The van der Waals surface area contributed by atoms with Gasteiger partial charge in [-0.3, -0.25) is 4.98 Å². The molecule has 0 unspecified atom stereocenters. The van der Waals surface area contributed by atoms with E-state index in [2.05, 4.69) is 4.98 Å². The molecule has 0 bridgehead atoms. The number of nitrogens with zero attached hydrogens (tertiary/aromatic N) is 1. The second-order valence-corrected chi connectivity index (χ2v) is 3.53. The zero-order chi connectivity index (χ0) is 11.5. The number of benzene rings is 1. The van der Waals surface area contributed by atoms with E-state index < -0.39 is 0 Å². The van der Waals surface area contributed by atoms with E-state index in [1.165, 1.54) is 0 Å². The Morgan fingerprint density at radius 1 is 1.19 bits per heavy atom. The Morgan fingerprint density at radius 2 is 2.00 bits per heavy atom.